The maximum absolute atomic E-state index is 11.9. The number of aryl methyl sites for hydroxylation is 1. The molecular weight excluding hydrogens is 317 g/mol. The van der Waals surface area contributed by atoms with E-state index < -0.39 is 18.6 Å². The van der Waals surface area contributed by atoms with Crippen molar-refractivity contribution in [3.05, 3.63) is 22.2 Å². The van der Waals surface area contributed by atoms with Gasteiger partial charge in [0.2, 0.25) is 0 Å². The molecule has 2 rings (SSSR count). The number of hydrogen-bond donors (Lipinski definition) is 3. The van der Waals surface area contributed by atoms with E-state index >= 15 is 0 Å². The van der Waals surface area contributed by atoms with E-state index in [-0.39, 0.29) is 18.5 Å². The average Bonchev–Trinajstić information content (AvgIpc) is 2.40. The molecule has 118 valence electrons. The quantitative estimate of drug-likeness (QED) is 0.678. The molecule has 4 N–H and O–H groups in total. The van der Waals surface area contributed by atoms with Crippen molar-refractivity contribution in [2.24, 2.45) is 0 Å². The number of hydrogen-bond acceptors (Lipinski definition) is 6. The van der Waals surface area contributed by atoms with Crippen LogP contribution in [-0.2, 0) is 21.1 Å². The first-order valence-corrected chi connectivity index (χ1v) is 9.09. The highest BCUT2D eigenvalue weighted by molar-refractivity contribution is 8.06. The molecular formula is C11H18N3O5PS. The second kappa shape index (κ2) is 6.51. The lowest BCUT2D eigenvalue weighted by molar-refractivity contribution is -0.106. The van der Waals surface area contributed by atoms with Gasteiger partial charge in [0.05, 0.1) is 12.7 Å². The van der Waals surface area contributed by atoms with Crippen LogP contribution in [0.1, 0.15) is 31.1 Å². The summed E-state index contributed by atoms with van der Waals surface area (Å²) in [6.45, 7) is -1.95. The third-order valence-electron chi connectivity index (χ3n) is 3.24. The lowest BCUT2D eigenvalue weighted by Gasteiger charge is -2.31. The van der Waals surface area contributed by atoms with E-state index in [1.165, 1.54) is 4.57 Å². The molecule has 0 amide bonds. The Morgan fingerprint density at radius 2 is 2.33 bits per heavy atom. The summed E-state index contributed by atoms with van der Waals surface area (Å²) in [6.07, 6.45) is 2.96. The number of anilines is 1. The molecule has 1 aliphatic rings. The van der Waals surface area contributed by atoms with Gasteiger partial charge in [-0.1, -0.05) is 0 Å². The Bertz CT molecular complexity index is 616. The van der Waals surface area contributed by atoms with Crippen LogP contribution in [0.5, 0.6) is 0 Å². The molecule has 0 aliphatic carbocycles. The molecule has 1 aliphatic heterocycles. The van der Waals surface area contributed by atoms with E-state index in [0.717, 1.165) is 6.42 Å². The highest BCUT2D eigenvalue weighted by Crippen LogP contribution is 2.37. The first-order valence-electron chi connectivity index (χ1n) is 6.47. The van der Waals surface area contributed by atoms with Crippen LogP contribution in [0.15, 0.2) is 11.0 Å². The van der Waals surface area contributed by atoms with Gasteiger partial charge in [0.25, 0.3) is 0 Å². The SMILES string of the molecule is Cc1cn([C@H]2CCCC(COP(O)(O)=S)O2)c(=O)nc1N. The third-order valence-corrected chi connectivity index (χ3v) is 4.04. The number of nitrogens with two attached hydrogens (primary N) is 1. The van der Waals surface area contributed by atoms with E-state index in [2.05, 4.69) is 16.8 Å². The highest BCUT2D eigenvalue weighted by atomic mass is 32.5. The van der Waals surface area contributed by atoms with Gasteiger partial charge in [-0.2, -0.15) is 4.98 Å². The predicted octanol–water partition coefficient (Wildman–Crippen LogP) is 0.427. The molecule has 1 aromatic rings. The van der Waals surface area contributed by atoms with Gasteiger partial charge in [-0.3, -0.25) is 4.57 Å². The lowest BCUT2D eigenvalue weighted by Crippen LogP contribution is -2.35. The van der Waals surface area contributed by atoms with Crippen LogP contribution in [0, 0.1) is 6.92 Å². The van der Waals surface area contributed by atoms with Crippen LogP contribution in [0.4, 0.5) is 5.82 Å². The molecule has 0 bridgehead atoms. The fourth-order valence-corrected chi connectivity index (χ4v) is 2.71. The van der Waals surface area contributed by atoms with Crippen LogP contribution in [0.25, 0.3) is 0 Å². The predicted molar refractivity (Wildman–Crippen MR) is 80.1 cm³/mol. The minimum atomic E-state index is -3.69. The van der Waals surface area contributed by atoms with Gasteiger partial charge in [0, 0.05) is 11.8 Å². The van der Waals surface area contributed by atoms with Crippen LogP contribution in [0.2, 0.25) is 0 Å². The van der Waals surface area contributed by atoms with Crippen molar-refractivity contribution in [2.75, 3.05) is 12.3 Å². The number of aromatic nitrogens is 2. The molecule has 1 fully saturated rings. The summed E-state index contributed by atoms with van der Waals surface area (Å²) in [7, 11) is 0. The van der Waals surface area contributed by atoms with Gasteiger partial charge < -0.3 is 24.8 Å². The molecule has 2 atom stereocenters. The summed E-state index contributed by atoms with van der Waals surface area (Å²) in [4.78, 5) is 33.8. The Labute approximate surface area is 126 Å². The topological polar surface area (TPSA) is 120 Å². The largest absolute Gasteiger partial charge is 0.383 e. The first-order chi connectivity index (χ1) is 9.76. The monoisotopic (exact) mass is 335 g/mol. The van der Waals surface area contributed by atoms with Crippen LogP contribution < -0.4 is 11.4 Å². The van der Waals surface area contributed by atoms with Crippen LogP contribution in [0.3, 0.4) is 0 Å². The number of nitrogen functional groups attached to an aromatic ring is 1. The van der Waals surface area contributed by atoms with E-state index in [4.69, 9.17) is 24.8 Å². The molecule has 0 saturated carbocycles. The van der Waals surface area contributed by atoms with Crippen molar-refractivity contribution in [3.63, 3.8) is 0 Å². The Balaban J connectivity index is 2.09. The van der Waals surface area contributed by atoms with E-state index in [1.807, 2.05) is 0 Å². The van der Waals surface area contributed by atoms with Crippen LogP contribution in [-0.4, -0.2) is 32.0 Å². The zero-order valence-electron chi connectivity index (χ0n) is 11.5. The molecule has 1 aromatic heterocycles. The van der Waals surface area contributed by atoms with Gasteiger partial charge in [0.15, 0.2) is 0 Å². The molecule has 8 nitrogen and oxygen atoms in total. The maximum Gasteiger partial charge on any atom is 0.351 e. The van der Waals surface area contributed by atoms with E-state index in [9.17, 15) is 4.79 Å². The Hall–Kier alpha value is -0.830. The summed E-state index contributed by atoms with van der Waals surface area (Å²) in [5.41, 5.74) is 5.81. The van der Waals surface area contributed by atoms with Crippen molar-refractivity contribution in [3.8, 4) is 0 Å². The molecule has 2 heterocycles. The average molecular weight is 335 g/mol. The molecule has 10 heteroatoms. The van der Waals surface area contributed by atoms with Gasteiger partial charge >= 0.3 is 12.4 Å². The standard InChI is InChI=1S/C11H18N3O5PS/c1-7-5-14(11(15)13-10(7)12)9-4-2-3-8(19-9)6-18-20(16,17)21/h5,8-9H,2-4,6H2,1H3,(H2,12,13,15)(H2,16,17,21)/t8?,9-/m1/s1. The Kier molecular flexibility index (Phi) is 5.13. The number of nitrogens with zero attached hydrogens (tertiary/aromatic N) is 2. The summed E-state index contributed by atoms with van der Waals surface area (Å²) >= 11 is 4.39. The summed E-state index contributed by atoms with van der Waals surface area (Å²) < 4.78 is 12.0. The zero-order chi connectivity index (χ0) is 15.6. The Morgan fingerprint density at radius 3 is 3.00 bits per heavy atom. The van der Waals surface area contributed by atoms with E-state index in [1.54, 1.807) is 13.1 Å². The third kappa shape index (κ3) is 4.57. The molecule has 1 unspecified atom stereocenters. The van der Waals surface area contributed by atoms with Gasteiger partial charge in [-0.25, -0.2) is 4.79 Å². The van der Waals surface area contributed by atoms with Gasteiger partial charge in [0.1, 0.15) is 12.0 Å². The second-order valence-electron chi connectivity index (χ2n) is 4.93. The highest BCUT2D eigenvalue weighted by Gasteiger charge is 2.26. The second-order valence-corrected chi connectivity index (χ2v) is 7.60. The summed E-state index contributed by atoms with van der Waals surface area (Å²) in [5.74, 6) is 0.202. The number of ether oxygens (including phenoxy) is 1. The fourth-order valence-electron chi connectivity index (χ4n) is 2.17. The molecule has 21 heavy (non-hydrogen) atoms. The normalized spacial score (nSPS) is 23.2. The first kappa shape index (κ1) is 16.5. The minimum Gasteiger partial charge on any atom is -0.383 e. The zero-order valence-corrected chi connectivity index (χ0v) is 13.2. The fraction of sp³-hybridized carbons (Fsp3) is 0.636. The summed E-state index contributed by atoms with van der Waals surface area (Å²) in [6, 6.07) is 0. The van der Waals surface area contributed by atoms with Crippen molar-refractivity contribution < 1.29 is 19.0 Å². The Morgan fingerprint density at radius 1 is 1.62 bits per heavy atom. The van der Waals surface area contributed by atoms with Crippen molar-refractivity contribution in [1.29, 1.82) is 0 Å². The lowest BCUT2D eigenvalue weighted by atomic mass is 10.1. The smallest absolute Gasteiger partial charge is 0.351 e. The maximum atomic E-state index is 11.9. The minimum absolute atomic E-state index is 0.0170. The van der Waals surface area contributed by atoms with Crippen molar-refractivity contribution in [2.45, 2.75) is 38.5 Å². The molecule has 0 spiro atoms. The molecule has 1 saturated heterocycles. The molecule has 0 radical (unpaired) electrons. The number of rotatable bonds is 4. The van der Waals surface area contributed by atoms with Crippen molar-refractivity contribution >= 4 is 24.3 Å². The van der Waals surface area contributed by atoms with Crippen LogP contribution >= 0.6 is 6.72 Å². The molecule has 0 aromatic carbocycles. The summed E-state index contributed by atoms with van der Waals surface area (Å²) in [5, 5.41) is 0. The van der Waals surface area contributed by atoms with Crippen molar-refractivity contribution in [1.82, 2.24) is 9.55 Å². The van der Waals surface area contributed by atoms with Gasteiger partial charge in [-0.15, -0.1) is 0 Å². The van der Waals surface area contributed by atoms with E-state index in [0.29, 0.717) is 18.4 Å². The van der Waals surface area contributed by atoms with Gasteiger partial charge in [-0.05, 0) is 38.0 Å².